The zero-order valence-corrected chi connectivity index (χ0v) is 12.3. The first kappa shape index (κ1) is 15.6. The number of hydrogen-bond donors (Lipinski definition) is 1. The average molecular weight is 256 g/mol. The lowest BCUT2D eigenvalue weighted by Crippen LogP contribution is -2.49. The number of hydrogen-bond acceptors (Lipinski definition) is 5. The van der Waals surface area contributed by atoms with Gasteiger partial charge in [0.05, 0.1) is 6.04 Å². The van der Waals surface area contributed by atoms with E-state index in [4.69, 9.17) is 0 Å². The van der Waals surface area contributed by atoms with Crippen LogP contribution in [0, 0.1) is 0 Å². The van der Waals surface area contributed by atoms with Gasteiger partial charge in [0, 0.05) is 45.8 Å². The SMILES string of the molecule is CC(=O)C1CN(C)CCN(C)CCN(C)CCN1. The van der Waals surface area contributed by atoms with E-state index in [1.165, 1.54) is 0 Å². The van der Waals surface area contributed by atoms with Crippen molar-refractivity contribution in [2.45, 2.75) is 13.0 Å². The molecular formula is C13H28N4O. The van der Waals surface area contributed by atoms with Gasteiger partial charge in [0.2, 0.25) is 0 Å². The lowest BCUT2D eigenvalue weighted by molar-refractivity contribution is -0.119. The Balaban J connectivity index is 2.55. The molecule has 1 unspecified atom stereocenters. The molecule has 0 aromatic rings. The zero-order chi connectivity index (χ0) is 13.5. The Morgan fingerprint density at radius 3 is 2.00 bits per heavy atom. The quantitative estimate of drug-likeness (QED) is 0.674. The Morgan fingerprint density at radius 1 is 0.944 bits per heavy atom. The fourth-order valence-electron chi connectivity index (χ4n) is 2.08. The second-order valence-electron chi connectivity index (χ2n) is 5.49. The van der Waals surface area contributed by atoms with Gasteiger partial charge in [-0.3, -0.25) is 4.79 Å². The Hall–Kier alpha value is -0.490. The Morgan fingerprint density at radius 2 is 1.44 bits per heavy atom. The molecule has 0 aromatic heterocycles. The van der Waals surface area contributed by atoms with Gasteiger partial charge in [0.25, 0.3) is 0 Å². The highest BCUT2D eigenvalue weighted by Crippen LogP contribution is 1.95. The van der Waals surface area contributed by atoms with Gasteiger partial charge in [-0.2, -0.15) is 0 Å². The van der Waals surface area contributed by atoms with Crippen LogP contribution in [0.25, 0.3) is 0 Å². The van der Waals surface area contributed by atoms with E-state index in [-0.39, 0.29) is 11.8 Å². The standard InChI is InChI=1S/C13H28N4O/c1-12(18)13-11-17(4)10-9-16(3)8-7-15(2)6-5-14-13/h13-14H,5-11H2,1-4H3. The third kappa shape index (κ3) is 5.91. The summed E-state index contributed by atoms with van der Waals surface area (Å²) >= 11 is 0. The molecule has 0 spiro atoms. The maximum atomic E-state index is 11.6. The van der Waals surface area contributed by atoms with Crippen LogP contribution in [0.15, 0.2) is 0 Å². The smallest absolute Gasteiger partial charge is 0.147 e. The monoisotopic (exact) mass is 256 g/mol. The maximum Gasteiger partial charge on any atom is 0.147 e. The highest BCUT2D eigenvalue weighted by molar-refractivity contribution is 5.81. The van der Waals surface area contributed by atoms with Crippen molar-refractivity contribution in [2.24, 2.45) is 0 Å². The predicted molar refractivity (Wildman–Crippen MR) is 75.0 cm³/mol. The molecular weight excluding hydrogens is 228 g/mol. The molecule has 1 saturated heterocycles. The molecule has 0 aliphatic carbocycles. The lowest BCUT2D eigenvalue weighted by Gasteiger charge is -2.29. The minimum absolute atomic E-state index is 0.0341. The number of rotatable bonds is 1. The number of ketones is 1. The zero-order valence-electron chi connectivity index (χ0n) is 12.3. The van der Waals surface area contributed by atoms with Crippen molar-refractivity contribution in [2.75, 3.05) is 67.0 Å². The minimum atomic E-state index is -0.0341. The van der Waals surface area contributed by atoms with Gasteiger partial charge in [0.15, 0.2) is 0 Å². The summed E-state index contributed by atoms with van der Waals surface area (Å²) in [6, 6.07) is -0.0341. The van der Waals surface area contributed by atoms with E-state index in [2.05, 4.69) is 41.2 Å². The number of likely N-dealkylation sites (N-methyl/N-ethyl adjacent to an activating group) is 3. The van der Waals surface area contributed by atoms with Gasteiger partial charge in [0.1, 0.15) is 5.78 Å². The van der Waals surface area contributed by atoms with Crippen LogP contribution in [0.5, 0.6) is 0 Å². The van der Waals surface area contributed by atoms with E-state index in [9.17, 15) is 4.79 Å². The van der Waals surface area contributed by atoms with Crippen molar-refractivity contribution < 1.29 is 4.79 Å². The molecule has 18 heavy (non-hydrogen) atoms. The van der Waals surface area contributed by atoms with Gasteiger partial charge >= 0.3 is 0 Å². The molecule has 0 saturated carbocycles. The van der Waals surface area contributed by atoms with Crippen molar-refractivity contribution in [3.63, 3.8) is 0 Å². The highest BCUT2D eigenvalue weighted by atomic mass is 16.1. The van der Waals surface area contributed by atoms with Gasteiger partial charge in [-0.1, -0.05) is 0 Å². The summed E-state index contributed by atoms with van der Waals surface area (Å²) in [4.78, 5) is 18.5. The van der Waals surface area contributed by atoms with Crippen molar-refractivity contribution in [1.82, 2.24) is 20.0 Å². The second kappa shape index (κ2) is 7.84. The van der Waals surface area contributed by atoms with Crippen LogP contribution in [-0.2, 0) is 4.79 Å². The van der Waals surface area contributed by atoms with Crippen LogP contribution in [0.1, 0.15) is 6.92 Å². The summed E-state index contributed by atoms with van der Waals surface area (Å²) < 4.78 is 0. The van der Waals surface area contributed by atoms with Crippen molar-refractivity contribution >= 4 is 5.78 Å². The van der Waals surface area contributed by atoms with Crippen LogP contribution in [-0.4, -0.2) is 93.5 Å². The molecule has 0 aromatic carbocycles. The Kier molecular flexibility index (Phi) is 6.78. The van der Waals surface area contributed by atoms with E-state index in [1.807, 2.05) is 0 Å². The number of Topliss-reactive ketones (excluding diaryl/α,β-unsaturated/α-hetero) is 1. The molecule has 1 fully saturated rings. The summed E-state index contributed by atoms with van der Waals surface area (Å²) in [6.07, 6.45) is 0. The maximum absolute atomic E-state index is 11.6. The van der Waals surface area contributed by atoms with Crippen LogP contribution in [0.4, 0.5) is 0 Å². The first-order valence-electron chi connectivity index (χ1n) is 6.78. The van der Waals surface area contributed by atoms with Crippen molar-refractivity contribution in [3.05, 3.63) is 0 Å². The molecule has 106 valence electrons. The molecule has 1 heterocycles. The summed E-state index contributed by atoms with van der Waals surface area (Å²) in [5.41, 5.74) is 0. The fraction of sp³-hybridized carbons (Fsp3) is 0.923. The van der Waals surface area contributed by atoms with E-state index >= 15 is 0 Å². The predicted octanol–water partition coefficient (Wildman–Crippen LogP) is -0.657. The number of carbonyl (C=O) groups is 1. The Bertz CT molecular complexity index is 259. The molecule has 0 bridgehead atoms. The van der Waals surface area contributed by atoms with E-state index in [0.717, 1.165) is 45.8 Å². The molecule has 5 heteroatoms. The van der Waals surface area contributed by atoms with Crippen molar-refractivity contribution in [3.8, 4) is 0 Å². The van der Waals surface area contributed by atoms with Crippen molar-refractivity contribution in [1.29, 1.82) is 0 Å². The first-order chi connectivity index (χ1) is 8.49. The highest BCUT2D eigenvalue weighted by Gasteiger charge is 2.17. The topological polar surface area (TPSA) is 38.8 Å². The minimum Gasteiger partial charge on any atom is -0.305 e. The Labute approximate surface area is 111 Å². The molecule has 0 amide bonds. The summed E-state index contributed by atoms with van der Waals surface area (Å²) in [7, 11) is 6.38. The molecule has 1 rings (SSSR count). The second-order valence-corrected chi connectivity index (χ2v) is 5.49. The normalized spacial score (nSPS) is 27.4. The van der Waals surface area contributed by atoms with Gasteiger partial charge in [-0.25, -0.2) is 0 Å². The molecule has 1 atom stereocenters. The van der Waals surface area contributed by atoms with Crippen LogP contribution in [0.3, 0.4) is 0 Å². The third-order valence-electron chi connectivity index (χ3n) is 3.60. The van der Waals surface area contributed by atoms with E-state index in [0.29, 0.717) is 0 Å². The van der Waals surface area contributed by atoms with Crippen LogP contribution in [0.2, 0.25) is 0 Å². The van der Waals surface area contributed by atoms with E-state index in [1.54, 1.807) is 6.92 Å². The molecule has 5 nitrogen and oxygen atoms in total. The summed E-state index contributed by atoms with van der Waals surface area (Å²) in [5, 5.41) is 3.36. The number of nitrogens with one attached hydrogen (secondary N) is 1. The summed E-state index contributed by atoms with van der Waals surface area (Å²) in [6.45, 7) is 8.56. The van der Waals surface area contributed by atoms with Crippen LogP contribution < -0.4 is 5.32 Å². The fourth-order valence-corrected chi connectivity index (χ4v) is 2.08. The largest absolute Gasteiger partial charge is 0.305 e. The molecule has 1 aliphatic rings. The van der Waals surface area contributed by atoms with Gasteiger partial charge < -0.3 is 20.0 Å². The molecule has 1 N–H and O–H groups in total. The summed E-state index contributed by atoms with van der Waals surface area (Å²) in [5.74, 6) is 0.231. The lowest BCUT2D eigenvalue weighted by atomic mass is 10.2. The average Bonchev–Trinajstić information content (AvgIpc) is 2.31. The van der Waals surface area contributed by atoms with Gasteiger partial charge in [-0.05, 0) is 28.1 Å². The number of nitrogens with zero attached hydrogens (tertiary/aromatic N) is 3. The third-order valence-corrected chi connectivity index (χ3v) is 3.60. The first-order valence-corrected chi connectivity index (χ1v) is 6.78. The molecule has 1 aliphatic heterocycles. The van der Waals surface area contributed by atoms with Gasteiger partial charge in [-0.15, -0.1) is 0 Å². The number of carbonyl (C=O) groups excluding carboxylic acids is 1. The molecule has 0 radical (unpaired) electrons. The van der Waals surface area contributed by atoms with E-state index < -0.39 is 0 Å². The van der Waals surface area contributed by atoms with Crippen LogP contribution >= 0.6 is 0 Å².